The SMILES string of the molecule is COc1ccccc1NC(=O)CSc1nnc(CSc2nc(C)cc(C)n2)n1C. The number of thioether (sulfide) groups is 2. The second-order valence-corrected chi connectivity index (χ2v) is 8.10. The topological polar surface area (TPSA) is 94.8 Å². The maximum Gasteiger partial charge on any atom is 0.234 e. The molecule has 0 aliphatic carbocycles. The number of amides is 1. The van der Waals surface area contributed by atoms with E-state index in [4.69, 9.17) is 4.74 Å². The van der Waals surface area contributed by atoms with E-state index in [1.54, 1.807) is 19.2 Å². The van der Waals surface area contributed by atoms with Gasteiger partial charge in [-0.25, -0.2) is 9.97 Å². The van der Waals surface area contributed by atoms with Gasteiger partial charge >= 0.3 is 0 Å². The van der Waals surface area contributed by atoms with Gasteiger partial charge in [0.1, 0.15) is 11.6 Å². The number of benzene rings is 1. The molecule has 0 aliphatic rings. The molecule has 3 aromatic rings. The van der Waals surface area contributed by atoms with Crippen molar-refractivity contribution in [3.63, 3.8) is 0 Å². The van der Waals surface area contributed by atoms with Crippen molar-refractivity contribution in [3.05, 3.63) is 47.5 Å². The van der Waals surface area contributed by atoms with E-state index in [1.165, 1.54) is 23.5 Å². The Hall–Kier alpha value is -2.59. The molecule has 8 nitrogen and oxygen atoms in total. The third-order valence-electron chi connectivity index (χ3n) is 3.93. The number of nitrogens with one attached hydrogen (secondary N) is 1. The summed E-state index contributed by atoms with van der Waals surface area (Å²) in [6.45, 7) is 3.90. The van der Waals surface area contributed by atoms with Gasteiger partial charge in [-0.3, -0.25) is 4.79 Å². The summed E-state index contributed by atoms with van der Waals surface area (Å²) >= 11 is 2.84. The number of aromatic nitrogens is 5. The lowest BCUT2D eigenvalue weighted by Crippen LogP contribution is -2.15. The molecular formula is C19H22N6O2S2. The second kappa shape index (κ2) is 9.75. The van der Waals surface area contributed by atoms with E-state index in [2.05, 4.69) is 25.5 Å². The number of para-hydroxylation sites is 2. The van der Waals surface area contributed by atoms with Crippen LogP contribution >= 0.6 is 23.5 Å². The maximum absolute atomic E-state index is 12.3. The summed E-state index contributed by atoms with van der Waals surface area (Å²) in [5.74, 6) is 2.10. The summed E-state index contributed by atoms with van der Waals surface area (Å²) in [6.07, 6.45) is 0. The first-order valence-corrected chi connectivity index (χ1v) is 10.8. The third-order valence-corrected chi connectivity index (χ3v) is 5.79. The predicted octanol–water partition coefficient (Wildman–Crippen LogP) is 3.25. The zero-order valence-electron chi connectivity index (χ0n) is 16.7. The highest BCUT2D eigenvalue weighted by atomic mass is 32.2. The van der Waals surface area contributed by atoms with Gasteiger partial charge in [0.25, 0.3) is 0 Å². The van der Waals surface area contributed by atoms with E-state index in [0.29, 0.717) is 22.3 Å². The van der Waals surface area contributed by atoms with Gasteiger partial charge in [-0.1, -0.05) is 35.7 Å². The Labute approximate surface area is 177 Å². The molecule has 0 saturated carbocycles. The Kier molecular flexibility index (Phi) is 7.10. The fourth-order valence-corrected chi connectivity index (χ4v) is 4.20. The average molecular weight is 431 g/mol. The predicted molar refractivity (Wildman–Crippen MR) is 114 cm³/mol. The zero-order chi connectivity index (χ0) is 20.8. The molecule has 0 radical (unpaired) electrons. The molecule has 10 heteroatoms. The number of carbonyl (C=O) groups excluding carboxylic acids is 1. The molecule has 3 rings (SSSR count). The van der Waals surface area contributed by atoms with E-state index < -0.39 is 0 Å². The van der Waals surface area contributed by atoms with E-state index in [1.807, 2.05) is 43.7 Å². The van der Waals surface area contributed by atoms with Crippen molar-refractivity contribution < 1.29 is 9.53 Å². The molecule has 152 valence electrons. The highest BCUT2D eigenvalue weighted by Gasteiger charge is 2.13. The van der Waals surface area contributed by atoms with Crippen molar-refractivity contribution in [2.24, 2.45) is 7.05 Å². The average Bonchev–Trinajstić information content (AvgIpc) is 3.04. The first-order valence-electron chi connectivity index (χ1n) is 8.85. The summed E-state index contributed by atoms with van der Waals surface area (Å²) < 4.78 is 7.13. The van der Waals surface area contributed by atoms with Crippen LogP contribution in [0.3, 0.4) is 0 Å². The molecule has 0 unspecified atom stereocenters. The number of rotatable bonds is 8. The number of carbonyl (C=O) groups is 1. The van der Waals surface area contributed by atoms with Gasteiger partial charge < -0.3 is 14.6 Å². The summed E-state index contributed by atoms with van der Waals surface area (Å²) in [7, 11) is 3.46. The van der Waals surface area contributed by atoms with Crippen LogP contribution in [-0.4, -0.2) is 43.5 Å². The van der Waals surface area contributed by atoms with Crippen LogP contribution in [0.5, 0.6) is 5.75 Å². The lowest BCUT2D eigenvalue weighted by molar-refractivity contribution is -0.113. The molecular weight excluding hydrogens is 408 g/mol. The normalized spacial score (nSPS) is 10.8. The molecule has 0 fully saturated rings. The Morgan fingerprint density at radius 2 is 1.86 bits per heavy atom. The molecule has 1 amide bonds. The number of nitrogens with zero attached hydrogens (tertiary/aromatic N) is 5. The summed E-state index contributed by atoms with van der Waals surface area (Å²) in [5.41, 5.74) is 2.52. The van der Waals surface area contributed by atoms with Gasteiger partial charge in [-0.05, 0) is 32.0 Å². The van der Waals surface area contributed by atoms with Crippen molar-refractivity contribution in [2.75, 3.05) is 18.2 Å². The van der Waals surface area contributed by atoms with Crippen molar-refractivity contribution in [1.29, 1.82) is 0 Å². The van der Waals surface area contributed by atoms with Gasteiger partial charge in [0.05, 0.1) is 24.3 Å². The number of aryl methyl sites for hydroxylation is 2. The Bertz CT molecular complexity index is 988. The van der Waals surface area contributed by atoms with Crippen molar-refractivity contribution in [3.8, 4) is 5.75 Å². The maximum atomic E-state index is 12.3. The van der Waals surface area contributed by atoms with Crippen LogP contribution in [0, 0.1) is 13.8 Å². The van der Waals surface area contributed by atoms with E-state index in [-0.39, 0.29) is 11.7 Å². The number of anilines is 1. The smallest absolute Gasteiger partial charge is 0.234 e. The second-order valence-electron chi connectivity index (χ2n) is 6.22. The molecule has 2 heterocycles. The summed E-state index contributed by atoms with van der Waals surface area (Å²) in [6, 6.07) is 9.24. The number of hydrogen-bond donors (Lipinski definition) is 1. The van der Waals surface area contributed by atoms with Crippen LogP contribution in [0.2, 0.25) is 0 Å². The van der Waals surface area contributed by atoms with Crippen LogP contribution in [0.15, 0.2) is 40.6 Å². The van der Waals surface area contributed by atoms with Gasteiger partial charge in [0.15, 0.2) is 10.3 Å². The van der Waals surface area contributed by atoms with Crippen LogP contribution in [-0.2, 0) is 17.6 Å². The molecule has 1 aromatic carbocycles. The van der Waals surface area contributed by atoms with Crippen LogP contribution < -0.4 is 10.1 Å². The first-order chi connectivity index (χ1) is 14.0. The Balaban J connectivity index is 1.56. The molecule has 1 N–H and O–H groups in total. The lowest BCUT2D eigenvalue weighted by Gasteiger charge is -2.09. The molecule has 29 heavy (non-hydrogen) atoms. The fourth-order valence-electron chi connectivity index (χ4n) is 2.55. The Morgan fingerprint density at radius 1 is 1.14 bits per heavy atom. The monoisotopic (exact) mass is 430 g/mol. The van der Waals surface area contributed by atoms with Gasteiger partial charge in [-0.2, -0.15) is 0 Å². The van der Waals surface area contributed by atoms with Crippen LogP contribution in [0.4, 0.5) is 5.69 Å². The zero-order valence-corrected chi connectivity index (χ0v) is 18.3. The standard InChI is InChI=1S/C19H22N6O2S2/c1-12-9-13(2)21-18(20-12)28-10-16-23-24-19(25(16)3)29-11-17(26)22-14-7-5-6-8-15(14)27-4/h5-9H,10-11H2,1-4H3,(H,22,26). The minimum atomic E-state index is -0.137. The number of ether oxygens (including phenoxy) is 1. The first kappa shape index (κ1) is 21.1. The van der Waals surface area contributed by atoms with E-state index in [9.17, 15) is 4.79 Å². The highest BCUT2D eigenvalue weighted by Crippen LogP contribution is 2.25. The van der Waals surface area contributed by atoms with E-state index in [0.717, 1.165) is 22.4 Å². The van der Waals surface area contributed by atoms with Crippen molar-refractivity contribution >= 4 is 35.1 Å². The molecule has 2 aromatic heterocycles. The van der Waals surface area contributed by atoms with Gasteiger partial charge in [0, 0.05) is 18.4 Å². The summed E-state index contributed by atoms with van der Waals surface area (Å²) in [5, 5.41) is 12.7. The van der Waals surface area contributed by atoms with E-state index >= 15 is 0 Å². The number of hydrogen-bond acceptors (Lipinski definition) is 8. The quantitative estimate of drug-likeness (QED) is 0.430. The van der Waals surface area contributed by atoms with Crippen LogP contribution in [0.25, 0.3) is 0 Å². The molecule has 0 bridgehead atoms. The summed E-state index contributed by atoms with van der Waals surface area (Å²) in [4.78, 5) is 21.1. The minimum Gasteiger partial charge on any atom is -0.495 e. The van der Waals surface area contributed by atoms with Gasteiger partial charge in [-0.15, -0.1) is 10.2 Å². The minimum absolute atomic E-state index is 0.137. The van der Waals surface area contributed by atoms with Crippen molar-refractivity contribution in [2.45, 2.75) is 29.9 Å². The molecule has 0 aliphatic heterocycles. The Morgan fingerprint density at radius 3 is 2.59 bits per heavy atom. The third kappa shape index (κ3) is 5.70. The van der Waals surface area contributed by atoms with Crippen LogP contribution in [0.1, 0.15) is 17.2 Å². The molecule has 0 saturated heterocycles. The molecule has 0 atom stereocenters. The lowest BCUT2D eigenvalue weighted by atomic mass is 10.3. The highest BCUT2D eigenvalue weighted by molar-refractivity contribution is 7.99. The van der Waals surface area contributed by atoms with Gasteiger partial charge in [0.2, 0.25) is 5.91 Å². The van der Waals surface area contributed by atoms with Crippen molar-refractivity contribution in [1.82, 2.24) is 24.7 Å². The number of methoxy groups -OCH3 is 1. The largest absolute Gasteiger partial charge is 0.495 e. The molecule has 0 spiro atoms. The fraction of sp³-hybridized carbons (Fsp3) is 0.316.